The number of hydrogen-bond acceptors (Lipinski definition) is 10. The summed E-state index contributed by atoms with van der Waals surface area (Å²) in [4.78, 5) is 39.5. The molecule has 0 unspecified atom stereocenters. The maximum atomic E-state index is 12.3. The molecule has 3 aliphatic heterocycles. The molecule has 1 aromatic heterocycles. The zero-order chi connectivity index (χ0) is 27.7. The van der Waals surface area contributed by atoms with Gasteiger partial charge in [-0.2, -0.15) is 0 Å². The molecule has 3 fully saturated rings. The molecule has 208 valence electrons. The Kier molecular flexibility index (Phi) is 9.55. The average molecular weight is 579 g/mol. The quantitative estimate of drug-likeness (QED) is 0.388. The molecule has 0 spiro atoms. The number of furan rings is 1. The lowest BCUT2D eigenvalue weighted by atomic mass is 10.2. The summed E-state index contributed by atoms with van der Waals surface area (Å²) >= 11 is 2.69. The van der Waals surface area contributed by atoms with Crippen LogP contribution in [0.1, 0.15) is 11.3 Å². The number of phenols is 1. The molecule has 40 heavy (non-hydrogen) atoms. The second kappa shape index (κ2) is 13.7. The highest BCUT2D eigenvalue weighted by Gasteiger charge is 2.24. The van der Waals surface area contributed by atoms with Crippen molar-refractivity contribution < 1.29 is 19.1 Å². The van der Waals surface area contributed by atoms with Crippen molar-refractivity contribution in [3.8, 4) is 5.75 Å². The van der Waals surface area contributed by atoms with Gasteiger partial charge in [-0.1, -0.05) is 18.2 Å². The van der Waals surface area contributed by atoms with Crippen molar-refractivity contribution >= 4 is 57.8 Å². The van der Waals surface area contributed by atoms with Gasteiger partial charge in [-0.3, -0.25) is 29.4 Å². The van der Waals surface area contributed by atoms with Crippen LogP contribution < -0.4 is 10.6 Å². The second-order valence-corrected chi connectivity index (χ2v) is 11.2. The monoisotopic (exact) mass is 578 g/mol. The van der Waals surface area contributed by atoms with Gasteiger partial charge >= 0.3 is 0 Å². The number of nitrogens with one attached hydrogen (secondary N) is 2. The average Bonchev–Trinajstić information content (AvgIpc) is 3.68. The first kappa shape index (κ1) is 28.0. The molecule has 0 radical (unpaired) electrons. The minimum atomic E-state index is -0.154. The molecule has 4 heterocycles. The first-order valence-corrected chi connectivity index (χ1v) is 14.6. The third kappa shape index (κ3) is 7.98. The molecule has 3 N–H and O–H groups in total. The van der Waals surface area contributed by atoms with Crippen LogP contribution in [0.15, 0.2) is 79.0 Å². The number of amidine groups is 2. The van der Waals surface area contributed by atoms with Crippen molar-refractivity contribution in [1.29, 1.82) is 0 Å². The summed E-state index contributed by atoms with van der Waals surface area (Å²) in [6.07, 6.45) is 8.77. The predicted octanol–water partition coefficient (Wildman–Crippen LogP) is 2.98. The lowest BCUT2D eigenvalue weighted by molar-refractivity contribution is -0.116. The number of hydrogen-bond donors (Lipinski definition) is 3. The van der Waals surface area contributed by atoms with E-state index < -0.39 is 0 Å². The van der Waals surface area contributed by atoms with E-state index in [2.05, 4.69) is 30.4 Å². The summed E-state index contributed by atoms with van der Waals surface area (Å²) in [6.45, 7) is 6.73. The van der Waals surface area contributed by atoms with Crippen LogP contribution in [-0.2, 0) is 9.59 Å². The van der Waals surface area contributed by atoms with Crippen molar-refractivity contribution in [2.75, 3.05) is 52.4 Å². The minimum absolute atomic E-state index is 0.134. The molecular formula is C28H30N6O4S2. The van der Waals surface area contributed by atoms with Gasteiger partial charge in [0, 0.05) is 39.3 Å². The van der Waals surface area contributed by atoms with Gasteiger partial charge in [-0.25, -0.2) is 0 Å². The zero-order valence-corrected chi connectivity index (χ0v) is 23.4. The summed E-state index contributed by atoms with van der Waals surface area (Å²) in [5.74, 6) is 0.640. The Bertz CT molecular complexity index is 1360. The largest absolute Gasteiger partial charge is 0.508 e. The molecular weight excluding hydrogens is 548 g/mol. The van der Waals surface area contributed by atoms with Crippen molar-refractivity contribution in [2.45, 2.75) is 0 Å². The Labute approximate surface area is 241 Å². The number of amides is 2. The third-order valence-electron chi connectivity index (χ3n) is 6.35. The van der Waals surface area contributed by atoms with Gasteiger partial charge in [0.05, 0.1) is 29.2 Å². The van der Waals surface area contributed by atoms with Gasteiger partial charge in [-0.15, -0.1) is 0 Å². The van der Waals surface area contributed by atoms with E-state index in [0.29, 0.717) is 33.2 Å². The molecule has 3 aliphatic rings. The molecule has 2 aromatic rings. The molecule has 10 nitrogen and oxygen atoms in total. The fourth-order valence-electron chi connectivity index (χ4n) is 4.18. The standard InChI is InChI=1S/C28H30N6O4S2/c35-21-8-6-20(7-9-21)19-24-26(37)32-28(40-24)30-11-13-34-16-14-33(15-17-34)12-10-29-27-31-25(36)23(39-27)5-1-3-22-4-2-18-38-22/h1-9,18-19,35H,10-17H2,(H,29,31,36)(H,30,32,37)/b3-1+,23-5-,24-19-. The first-order valence-electron chi connectivity index (χ1n) is 13.0. The van der Waals surface area contributed by atoms with E-state index in [1.54, 1.807) is 48.8 Å². The van der Waals surface area contributed by atoms with Gasteiger partial charge < -0.3 is 20.2 Å². The number of carbonyl (C=O) groups is 2. The number of aliphatic imine (C=N–C) groups is 2. The molecule has 12 heteroatoms. The Morgan fingerprint density at radius 3 is 2.08 bits per heavy atom. The Morgan fingerprint density at radius 1 is 0.875 bits per heavy atom. The minimum Gasteiger partial charge on any atom is -0.508 e. The van der Waals surface area contributed by atoms with Crippen LogP contribution in [0.4, 0.5) is 0 Å². The third-order valence-corrected chi connectivity index (χ3v) is 8.27. The van der Waals surface area contributed by atoms with Crippen LogP contribution in [0.25, 0.3) is 12.2 Å². The van der Waals surface area contributed by atoms with Crippen LogP contribution >= 0.6 is 23.5 Å². The van der Waals surface area contributed by atoms with Gasteiger partial charge in [0.15, 0.2) is 10.3 Å². The van der Waals surface area contributed by atoms with E-state index in [-0.39, 0.29) is 17.6 Å². The van der Waals surface area contributed by atoms with Crippen molar-refractivity contribution in [2.24, 2.45) is 9.98 Å². The zero-order valence-electron chi connectivity index (χ0n) is 21.8. The Morgan fingerprint density at radius 2 is 1.48 bits per heavy atom. The number of allylic oxidation sites excluding steroid dienone is 2. The van der Waals surface area contributed by atoms with Crippen molar-refractivity contribution in [1.82, 2.24) is 20.4 Å². The van der Waals surface area contributed by atoms with E-state index in [1.807, 2.05) is 18.2 Å². The Balaban J connectivity index is 0.991. The van der Waals surface area contributed by atoms with Gasteiger partial charge in [0.1, 0.15) is 11.5 Å². The second-order valence-electron chi connectivity index (χ2n) is 9.17. The number of nitrogens with zero attached hydrogens (tertiary/aromatic N) is 4. The highest BCUT2D eigenvalue weighted by Crippen LogP contribution is 2.26. The van der Waals surface area contributed by atoms with Gasteiger partial charge in [-0.05, 0) is 71.6 Å². The van der Waals surface area contributed by atoms with Crippen molar-refractivity contribution in [3.05, 3.63) is 75.9 Å². The van der Waals surface area contributed by atoms with E-state index in [4.69, 9.17) is 4.42 Å². The molecule has 2 amide bonds. The van der Waals surface area contributed by atoms with Crippen LogP contribution in [0.2, 0.25) is 0 Å². The highest BCUT2D eigenvalue weighted by atomic mass is 32.2. The summed E-state index contributed by atoms with van der Waals surface area (Å²) < 4.78 is 5.25. The van der Waals surface area contributed by atoms with Crippen LogP contribution in [0, 0.1) is 0 Å². The number of aromatic hydroxyl groups is 1. The number of rotatable bonds is 9. The molecule has 5 rings (SSSR count). The number of piperazine rings is 1. The van der Waals surface area contributed by atoms with Crippen LogP contribution in [0.5, 0.6) is 5.75 Å². The lowest BCUT2D eigenvalue weighted by Crippen LogP contribution is -2.47. The molecule has 0 saturated carbocycles. The fraction of sp³-hybridized carbons (Fsp3) is 0.286. The normalized spacial score (nSPS) is 22.8. The number of thioether (sulfide) groups is 2. The van der Waals surface area contributed by atoms with Crippen molar-refractivity contribution in [3.63, 3.8) is 0 Å². The van der Waals surface area contributed by atoms with Gasteiger partial charge in [0.25, 0.3) is 11.8 Å². The van der Waals surface area contributed by atoms with E-state index >= 15 is 0 Å². The molecule has 1 aromatic carbocycles. The lowest BCUT2D eigenvalue weighted by Gasteiger charge is -2.34. The SMILES string of the molecule is O=C1NC(=NCCN2CCN(CCN=C3NC(=O)/C(=C/c4ccc(O)cc4)S3)CC2)S/C1=C\C=C\c1ccco1. The van der Waals surface area contributed by atoms with E-state index in [9.17, 15) is 14.7 Å². The molecule has 0 aliphatic carbocycles. The topological polar surface area (TPSA) is 123 Å². The number of phenolic OH excluding ortho intramolecular Hbond substituents is 1. The summed E-state index contributed by atoms with van der Waals surface area (Å²) in [5.41, 5.74) is 0.851. The van der Waals surface area contributed by atoms with E-state index in [1.165, 1.54) is 23.5 Å². The van der Waals surface area contributed by atoms with E-state index in [0.717, 1.165) is 50.6 Å². The summed E-state index contributed by atoms with van der Waals surface area (Å²) in [6, 6.07) is 10.4. The Hall–Kier alpha value is -3.58. The van der Waals surface area contributed by atoms with Gasteiger partial charge in [0.2, 0.25) is 0 Å². The smallest absolute Gasteiger partial charge is 0.264 e. The summed E-state index contributed by atoms with van der Waals surface area (Å²) in [7, 11) is 0. The first-order chi connectivity index (χ1) is 19.5. The molecule has 0 bridgehead atoms. The maximum Gasteiger partial charge on any atom is 0.264 e. The highest BCUT2D eigenvalue weighted by molar-refractivity contribution is 8.19. The fourth-order valence-corrected chi connectivity index (χ4v) is 5.82. The predicted molar refractivity (Wildman–Crippen MR) is 161 cm³/mol. The number of benzene rings is 1. The number of carbonyl (C=O) groups excluding carboxylic acids is 2. The molecule has 0 atom stereocenters. The van der Waals surface area contributed by atoms with Crippen LogP contribution in [-0.4, -0.2) is 89.4 Å². The molecule has 3 saturated heterocycles. The van der Waals surface area contributed by atoms with Crippen LogP contribution in [0.3, 0.4) is 0 Å². The summed E-state index contributed by atoms with van der Waals surface area (Å²) in [5, 5.41) is 16.3. The maximum absolute atomic E-state index is 12.3.